The van der Waals surface area contributed by atoms with E-state index >= 15 is 0 Å². The first-order chi connectivity index (χ1) is 9.69. The fourth-order valence-corrected chi connectivity index (χ4v) is 2.94. The summed E-state index contributed by atoms with van der Waals surface area (Å²) in [6, 6.07) is 8.56. The minimum Gasteiger partial charge on any atom is -0.497 e. The summed E-state index contributed by atoms with van der Waals surface area (Å²) in [4.78, 5) is 0. The zero-order valence-corrected chi connectivity index (χ0v) is 13.1. The van der Waals surface area contributed by atoms with Gasteiger partial charge < -0.3 is 15.4 Å². The van der Waals surface area contributed by atoms with E-state index in [1.54, 1.807) is 7.11 Å². The molecular formula is C16H24N2OS. The number of nitrogens with one attached hydrogen (secondary N) is 2. The van der Waals surface area contributed by atoms with Gasteiger partial charge in [0.25, 0.3) is 0 Å². The summed E-state index contributed by atoms with van der Waals surface area (Å²) in [5, 5.41) is 7.50. The van der Waals surface area contributed by atoms with Crippen LogP contribution < -0.4 is 15.4 Å². The first kappa shape index (κ1) is 15.1. The van der Waals surface area contributed by atoms with Gasteiger partial charge in [-0.2, -0.15) is 0 Å². The van der Waals surface area contributed by atoms with E-state index in [0.29, 0.717) is 12.0 Å². The molecule has 1 aliphatic carbocycles. The van der Waals surface area contributed by atoms with Crippen LogP contribution in [0.25, 0.3) is 0 Å². The number of methoxy groups -OCH3 is 1. The second kappa shape index (κ2) is 7.48. The number of hydrogen-bond acceptors (Lipinski definition) is 2. The molecule has 2 N–H and O–H groups in total. The number of ether oxygens (including phenoxy) is 1. The van der Waals surface area contributed by atoms with Crippen molar-refractivity contribution in [1.82, 2.24) is 10.6 Å². The third-order valence-electron chi connectivity index (χ3n) is 4.02. The van der Waals surface area contributed by atoms with Crippen molar-refractivity contribution in [3.8, 4) is 5.75 Å². The zero-order chi connectivity index (χ0) is 14.4. The Morgan fingerprint density at radius 2 is 2.15 bits per heavy atom. The van der Waals surface area contributed by atoms with Crippen molar-refractivity contribution >= 4 is 17.3 Å². The lowest BCUT2D eigenvalue weighted by molar-refractivity contribution is 0.308. The van der Waals surface area contributed by atoms with E-state index in [4.69, 9.17) is 17.0 Å². The molecule has 0 amide bonds. The fourth-order valence-electron chi connectivity index (χ4n) is 2.71. The topological polar surface area (TPSA) is 33.3 Å². The molecule has 1 fully saturated rings. The van der Waals surface area contributed by atoms with Crippen LogP contribution in [0.4, 0.5) is 0 Å². The second-order valence-electron chi connectivity index (χ2n) is 5.55. The van der Waals surface area contributed by atoms with Gasteiger partial charge in [0.05, 0.1) is 7.11 Å². The van der Waals surface area contributed by atoms with Gasteiger partial charge in [0.2, 0.25) is 0 Å². The Morgan fingerprint density at radius 3 is 2.90 bits per heavy atom. The Morgan fingerprint density at radius 1 is 1.35 bits per heavy atom. The van der Waals surface area contributed by atoms with Crippen LogP contribution in [-0.4, -0.2) is 18.3 Å². The lowest BCUT2D eigenvalue weighted by Gasteiger charge is -2.30. The van der Waals surface area contributed by atoms with Crippen molar-refractivity contribution in [2.24, 2.45) is 5.92 Å². The third kappa shape index (κ3) is 4.37. The number of benzene rings is 1. The zero-order valence-electron chi connectivity index (χ0n) is 12.3. The molecule has 0 aliphatic heterocycles. The molecule has 2 rings (SSSR count). The second-order valence-corrected chi connectivity index (χ2v) is 5.96. The number of rotatable bonds is 4. The highest BCUT2D eigenvalue weighted by Gasteiger charge is 2.21. The third-order valence-corrected chi connectivity index (χ3v) is 4.28. The molecule has 0 heterocycles. The molecule has 0 spiro atoms. The SMILES string of the molecule is COc1cccc(CNC(=S)N[C@@H]2CCCC[C@H]2C)c1. The summed E-state index contributed by atoms with van der Waals surface area (Å²) in [6.45, 7) is 3.03. The van der Waals surface area contributed by atoms with Crippen molar-refractivity contribution in [2.75, 3.05) is 7.11 Å². The predicted molar refractivity (Wildman–Crippen MR) is 87.0 cm³/mol. The van der Waals surface area contributed by atoms with Gasteiger partial charge in [0.1, 0.15) is 5.75 Å². The fraction of sp³-hybridized carbons (Fsp3) is 0.562. The number of thiocarbonyl (C=S) groups is 1. The molecule has 0 bridgehead atoms. The van der Waals surface area contributed by atoms with Gasteiger partial charge in [0, 0.05) is 12.6 Å². The Balaban J connectivity index is 1.79. The highest BCUT2D eigenvalue weighted by atomic mass is 32.1. The lowest BCUT2D eigenvalue weighted by atomic mass is 9.86. The van der Waals surface area contributed by atoms with Crippen LogP contribution in [0.2, 0.25) is 0 Å². The maximum Gasteiger partial charge on any atom is 0.166 e. The number of hydrogen-bond donors (Lipinski definition) is 2. The molecule has 0 aromatic heterocycles. The average Bonchev–Trinajstić information content (AvgIpc) is 2.48. The van der Waals surface area contributed by atoms with Crippen LogP contribution in [-0.2, 0) is 6.54 Å². The summed E-state index contributed by atoms with van der Waals surface area (Å²) < 4.78 is 5.22. The molecule has 110 valence electrons. The van der Waals surface area contributed by atoms with E-state index in [1.807, 2.05) is 18.2 Å². The Bertz CT molecular complexity index is 450. The maximum atomic E-state index is 5.39. The normalized spacial score (nSPS) is 22.1. The predicted octanol–water partition coefficient (Wildman–Crippen LogP) is 3.24. The van der Waals surface area contributed by atoms with Crippen LogP contribution in [0, 0.1) is 5.92 Å². The Kier molecular flexibility index (Phi) is 5.65. The monoisotopic (exact) mass is 292 g/mol. The van der Waals surface area contributed by atoms with E-state index in [2.05, 4.69) is 23.6 Å². The molecule has 1 aromatic rings. The van der Waals surface area contributed by atoms with Crippen LogP contribution in [0.15, 0.2) is 24.3 Å². The average molecular weight is 292 g/mol. The van der Waals surface area contributed by atoms with Crippen LogP contribution in [0.5, 0.6) is 5.75 Å². The summed E-state index contributed by atoms with van der Waals surface area (Å²) >= 11 is 5.39. The van der Waals surface area contributed by atoms with Crippen LogP contribution in [0.3, 0.4) is 0 Å². The minimum absolute atomic E-state index is 0.522. The van der Waals surface area contributed by atoms with Gasteiger partial charge in [-0.3, -0.25) is 0 Å². The van der Waals surface area contributed by atoms with Gasteiger partial charge in [-0.25, -0.2) is 0 Å². The van der Waals surface area contributed by atoms with E-state index in [0.717, 1.165) is 17.4 Å². The van der Waals surface area contributed by atoms with Crippen LogP contribution in [0.1, 0.15) is 38.2 Å². The highest BCUT2D eigenvalue weighted by Crippen LogP contribution is 2.23. The van der Waals surface area contributed by atoms with E-state index in [1.165, 1.54) is 31.2 Å². The summed E-state index contributed by atoms with van der Waals surface area (Å²) in [5.41, 5.74) is 1.17. The Labute approximate surface area is 127 Å². The molecule has 3 nitrogen and oxygen atoms in total. The molecule has 0 radical (unpaired) electrons. The van der Waals surface area contributed by atoms with Crippen LogP contribution >= 0.6 is 12.2 Å². The molecule has 0 saturated heterocycles. The van der Waals surface area contributed by atoms with Gasteiger partial charge >= 0.3 is 0 Å². The first-order valence-corrected chi connectivity index (χ1v) is 7.77. The van der Waals surface area contributed by atoms with Crippen molar-refractivity contribution < 1.29 is 4.74 Å². The molecule has 1 aromatic carbocycles. The summed E-state index contributed by atoms with van der Waals surface area (Å²) in [5.74, 6) is 1.59. The van der Waals surface area contributed by atoms with Gasteiger partial charge in [-0.05, 0) is 48.7 Å². The standard InChI is InChI=1S/C16H24N2OS/c1-12-6-3-4-9-15(12)18-16(20)17-11-13-7-5-8-14(10-13)19-2/h5,7-8,10,12,15H,3-4,6,9,11H2,1-2H3,(H2,17,18,20)/t12-,15-/m1/s1. The summed E-state index contributed by atoms with van der Waals surface area (Å²) in [7, 11) is 1.68. The molecule has 4 heteroatoms. The van der Waals surface area contributed by atoms with Crippen molar-refractivity contribution in [2.45, 2.75) is 45.2 Å². The molecule has 1 aliphatic rings. The maximum absolute atomic E-state index is 5.39. The summed E-state index contributed by atoms with van der Waals surface area (Å²) in [6.07, 6.45) is 5.18. The quantitative estimate of drug-likeness (QED) is 0.835. The van der Waals surface area contributed by atoms with Gasteiger partial charge in [-0.1, -0.05) is 31.9 Å². The highest BCUT2D eigenvalue weighted by molar-refractivity contribution is 7.80. The van der Waals surface area contributed by atoms with Gasteiger partial charge in [-0.15, -0.1) is 0 Å². The largest absolute Gasteiger partial charge is 0.497 e. The van der Waals surface area contributed by atoms with Crippen molar-refractivity contribution in [3.05, 3.63) is 29.8 Å². The lowest BCUT2D eigenvalue weighted by Crippen LogP contribution is -2.45. The molecule has 0 unspecified atom stereocenters. The smallest absolute Gasteiger partial charge is 0.166 e. The molecular weight excluding hydrogens is 268 g/mol. The van der Waals surface area contributed by atoms with Crippen molar-refractivity contribution in [3.63, 3.8) is 0 Å². The molecule has 1 saturated carbocycles. The first-order valence-electron chi connectivity index (χ1n) is 7.36. The Hall–Kier alpha value is -1.29. The van der Waals surface area contributed by atoms with Crippen molar-refractivity contribution in [1.29, 1.82) is 0 Å². The van der Waals surface area contributed by atoms with E-state index in [-0.39, 0.29) is 0 Å². The molecule has 20 heavy (non-hydrogen) atoms. The van der Waals surface area contributed by atoms with E-state index < -0.39 is 0 Å². The van der Waals surface area contributed by atoms with Gasteiger partial charge in [0.15, 0.2) is 5.11 Å². The van der Waals surface area contributed by atoms with E-state index in [9.17, 15) is 0 Å². The minimum atomic E-state index is 0.522. The molecule has 2 atom stereocenters.